The molecule has 4 aromatic heterocycles. The van der Waals surface area contributed by atoms with Crippen LogP contribution in [0.4, 0.5) is 0 Å². The minimum atomic E-state index is -0.367. The predicted molar refractivity (Wildman–Crippen MR) is 117 cm³/mol. The van der Waals surface area contributed by atoms with Crippen LogP contribution in [0.2, 0.25) is 0 Å². The number of carbonyl (C=O) groups excluding carboxylic acids is 1. The third-order valence-electron chi connectivity index (χ3n) is 4.80. The van der Waals surface area contributed by atoms with Gasteiger partial charge in [0.1, 0.15) is 16.0 Å². The monoisotopic (exact) mass is 482 g/mol. The summed E-state index contributed by atoms with van der Waals surface area (Å²) in [6.45, 7) is 2.56. The van der Waals surface area contributed by atoms with E-state index in [1.54, 1.807) is 17.0 Å². The summed E-state index contributed by atoms with van der Waals surface area (Å²) in [6.07, 6.45) is 5.32. The smallest absolute Gasteiger partial charge is 0.348 e. The maximum absolute atomic E-state index is 12.0. The van der Waals surface area contributed by atoms with Gasteiger partial charge in [0.15, 0.2) is 11.5 Å². The fourth-order valence-corrected chi connectivity index (χ4v) is 4.70. The number of nitrogens with zero attached hydrogens (tertiary/aromatic N) is 6. The number of carbonyl (C=O) groups is 1. The molecule has 30 heavy (non-hydrogen) atoms. The van der Waals surface area contributed by atoms with Crippen LogP contribution in [0.3, 0.4) is 0 Å². The van der Waals surface area contributed by atoms with Crippen molar-refractivity contribution in [1.82, 2.24) is 29.4 Å². The number of benzene rings is 1. The predicted octanol–water partition coefficient (Wildman–Crippen LogP) is 4.11. The van der Waals surface area contributed by atoms with Gasteiger partial charge < -0.3 is 4.74 Å². The summed E-state index contributed by atoms with van der Waals surface area (Å²) < 4.78 is 9.34. The Kier molecular flexibility index (Phi) is 4.59. The van der Waals surface area contributed by atoms with E-state index in [1.807, 2.05) is 42.1 Å². The second-order valence-electron chi connectivity index (χ2n) is 6.73. The van der Waals surface area contributed by atoms with Gasteiger partial charge in [0, 0.05) is 11.8 Å². The average Bonchev–Trinajstić information content (AvgIpc) is 3.45. The van der Waals surface area contributed by atoms with Crippen LogP contribution in [0.1, 0.15) is 20.8 Å². The summed E-state index contributed by atoms with van der Waals surface area (Å²) in [5.74, 6) is 0.232. The molecule has 0 amide bonds. The van der Waals surface area contributed by atoms with E-state index in [-0.39, 0.29) is 5.97 Å². The largest absolute Gasteiger partial charge is 0.465 e. The quantitative estimate of drug-likeness (QED) is 0.358. The van der Waals surface area contributed by atoms with Crippen LogP contribution < -0.4 is 0 Å². The van der Waals surface area contributed by atoms with Crippen molar-refractivity contribution in [3.05, 3.63) is 63.5 Å². The fraction of sp³-hybridized carbons (Fsp3) is 0.150. The standard InChI is InChI=1S/C20H15BrN6O2S/c1-11-15-18-24-17(25-27(18)10-22-19(15)30-16(11)20(28)29-2)13-5-3-12(4-6-13)8-26-9-14(21)7-23-26/h3-7,9-10H,8H2,1-2H3. The van der Waals surface area contributed by atoms with Crippen LogP contribution in [0, 0.1) is 6.92 Å². The van der Waals surface area contributed by atoms with Gasteiger partial charge in [-0.2, -0.15) is 5.10 Å². The molecular formula is C20H15BrN6O2S. The normalized spacial score (nSPS) is 11.4. The van der Waals surface area contributed by atoms with Gasteiger partial charge in [-0.25, -0.2) is 19.3 Å². The Morgan fingerprint density at radius 3 is 2.77 bits per heavy atom. The summed E-state index contributed by atoms with van der Waals surface area (Å²) in [7, 11) is 1.37. The molecule has 0 aliphatic heterocycles. The Labute approximate surface area is 183 Å². The van der Waals surface area contributed by atoms with Gasteiger partial charge in [-0.3, -0.25) is 4.68 Å². The molecule has 0 saturated heterocycles. The molecule has 8 nitrogen and oxygen atoms in total. The Morgan fingerprint density at radius 2 is 2.07 bits per heavy atom. The second-order valence-corrected chi connectivity index (χ2v) is 8.64. The number of hydrogen-bond acceptors (Lipinski definition) is 7. The van der Waals surface area contributed by atoms with Crippen LogP contribution in [-0.2, 0) is 11.3 Å². The summed E-state index contributed by atoms with van der Waals surface area (Å²) in [5.41, 5.74) is 3.50. The minimum Gasteiger partial charge on any atom is -0.465 e. The highest BCUT2D eigenvalue weighted by atomic mass is 79.9. The molecule has 0 aliphatic rings. The molecule has 5 rings (SSSR count). The third kappa shape index (κ3) is 3.17. The minimum absolute atomic E-state index is 0.367. The molecule has 0 atom stereocenters. The molecule has 0 bridgehead atoms. The first-order valence-electron chi connectivity index (χ1n) is 9.03. The maximum Gasteiger partial charge on any atom is 0.348 e. The molecule has 0 saturated carbocycles. The van der Waals surface area contributed by atoms with Gasteiger partial charge in [-0.15, -0.1) is 16.4 Å². The molecule has 0 radical (unpaired) electrons. The fourth-order valence-electron chi connectivity index (χ4n) is 3.31. The van der Waals surface area contributed by atoms with Crippen LogP contribution in [-0.4, -0.2) is 42.4 Å². The Hall–Kier alpha value is -3.11. The number of aryl methyl sites for hydroxylation is 1. The van der Waals surface area contributed by atoms with E-state index in [9.17, 15) is 4.79 Å². The summed E-state index contributed by atoms with van der Waals surface area (Å²) in [6, 6.07) is 8.06. The molecule has 0 unspecified atom stereocenters. The van der Waals surface area contributed by atoms with E-state index in [1.165, 1.54) is 18.4 Å². The molecule has 0 aliphatic carbocycles. The summed E-state index contributed by atoms with van der Waals surface area (Å²) >= 11 is 4.71. The van der Waals surface area contributed by atoms with Crippen LogP contribution in [0.15, 0.2) is 47.5 Å². The molecule has 0 spiro atoms. The summed E-state index contributed by atoms with van der Waals surface area (Å²) in [5, 5.41) is 9.68. The third-order valence-corrected chi connectivity index (χ3v) is 6.39. The lowest BCUT2D eigenvalue weighted by Crippen LogP contribution is -1.99. The number of rotatable bonds is 4. The maximum atomic E-state index is 12.0. The van der Waals surface area contributed by atoms with Crippen LogP contribution in [0.5, 0.6) is 0 Å². The number of esters is 1. The highest BCUT2D eigenvalue weighted by Gasteiger charge is 2.20. The Bertz CT molecular complexity index is 1400. The van der Waals surface area contributed by atoms with E-state index < -0.39 is 0 Å². The van der Waals surface area contributed by atoms with Crippen molar-refractivity contribution in [2.75, 3.05) is 7.11 Å². The van der Waals surface area contributed by atoms with Gasteiger partial charge in [0.2, 0.25) is 0 Å². The van der Waals surface area contributed by atoms with Crippen molar-refractivity contribution in [2.45, 2.75) is 13.5 Å². The first kappa shape index (κ1) is 18.9. The Balaban J connectivity index is 1.52. The van der Waals surface area contributed by atoms with Crippen molar-refractivity contribution < 1.29 is 9.53 Å². The highest BCUT2D eigenvalue weighted by molar-refractivity contribution is 9.10. The number of hydrogen-bond donors (Lipinski definition) is 0. The lowest BCUT2D eigenvalue weighted by molar-refractivity contribution is 0.0605. The summed E-state index contributed by atoms with van der Waals surface area (Å²) in [4.78, 5) is 22.5. The van der Waals surface area contributed by atoms with Gasteiger partial charge in [-0.05, 0) is 34.0 Å². The van der Waals surface area contributed by atoms with Gasteiger partial charge in [0.25, 0.3) is 0 Å². The topological polar surface area (TPSA) is 87.2 Å². The van der Waals surface area contributed by atoms with Crippen LogP contribution in [0.25, 0.3) is 27.3 Å². The van der Waals surface area contributed by atoms with Crippen molar-refractivity contribution >= 4 is 49.1 Å². The zero-order chi connectivity index (χ0) is 20.8. The molecule has 4 heterocycles. The van der Waals surface area contributed by atoms with Crippen LogP contribution >= 0.6 is 27.3 Å². The highest BCUT2D eigenvalue weighted by Crippen LogP contribution is 2.32. The van der Waals surface area contributed by atoms with Crippen molar-refractivity contribution in [3.63, 3.8) is 0 Å². The van der Waals surface area contributed by atoms with Gasteiger partial charge in [0.05, 0.1) is 29.7 Å². The molecule has 150 valence electrons. The van der Waals surface area contributed by atoms with E-state index in [0.29, 0.717) is 22.9 Å². The number of thiophene rings is 1. The van der Waals surface area contributed by atoms with Crippen molar-refractivity contribution in [2.24, 2.45) is 0 Å². The first-order valence-corrected chi connectivity index (χ1v) is 10.6. The number of methoxy groups -OCH3 is 1. The number of aromatic nitrogens is 6. The van der Waals surface area contributed by atoms with Gasteiger partial charge >= 0.3 is 5.97 Å². The van der Waals surface area contributed by atoms with E-state index in [4.69, 9.17) is 9.72 Å². The lowest BCUT2D eigenvalue weighted by atomic mass is 10.1. The molecule has 0 N–H and O–H groups in total. The number of ether oxygens (including phenoxy) is 1. The van der Waals surface area contributed by atoms with E-state index in [0.717, 1.165) is 31.4 Å². The van der Waals surface area contributed by atoms with Gasteiger partial charge in [-0.1, -0.05) is 24.3 Å². The number of fused-ring (bicyclic) bond motifs is 3. The zero-order valence-electron chi connectivity index (χ0n) is 16.0. The molecular weight excluding hydrogens is 468 g/mol. The molecule has 10 heteroatoms. The van der Waals surface area contributed by atoms with Crippen molar-refractivity contribution in [3.8, 4) is 11.4 Å². The molecule has 1 aromatic carbocycles. The molecule has 0 fully saturated rings. The first-order chi connectivity index (χ1) is 14.5. The Morgan fingerprint density at radius 1 is 1.27 bits per heavy atom. The second kappa shape index (κ2) is 7.29. The SMILES string of the molecule is COC(=O)c1sc2ncn3nc(-c4ccc(Cn5cc(Br)cn5)cc4)nc3c2c1C. The van der Waals surface area contributed by atoms with E-state index in [2.05, 4.69) is 31.1 Å². The van der Waals surface area contributed by atoms with Crippen molar-refractivity contribution in [1.29, 1.82) is 0 Å². The lowest BCUT2D eigenvalue weighted by Gasteiger charge is -2.02. The average molecular weight is 483 g/mol. The zero-order valence-corrected chi connectivity index (χ0v) is 18.4. The van der Waals surface area contributed by atoms with E-state index >= 15 is 0 Å². The molecule has 5 aromatic rings. The number of halogens is 1.